The Hall–Kier alpha value is -0.130. The first-order chi connectivity index (χ1) is 4.90. The number of hydrogen-bond donors (Lipinski definition) is 2. The van der Waals surface area contributed by atoms with E-state index in [0.717, 1.165) is 0 Å². The van der Waals surface area contributed by atoms with E-state index in [9.17, 15) is 8.42 Å². The van der Waals surface area contributed by atoms with Crippen LogP contribution < -0.4 is 10.5 Å². The van der Waals surface area contributed by atoms with E-state index in [1.54, 1.807) is 20.8 Å². The summed E-state index contributed by atoms with van der Waals surface area (Å²) in [6, 6.07) is -0.178. The molecule has 0 aliphatic rings. The molecule has 1 atom stereocenters. The molecular formula is C6H16N2O2S. The summed E-state index contributed by atoms with van der Waals surface area (Å²) in [5.41, 5.74) is 5.25. The molecule has 4 nitrogen and oxygen atoms in total. The fourth-order valence-electron chi connectivity index (χ4n) is 0.465. The lowest BCUT2D eigenvalue weighted by Gasteiger charge is -2.13. The molecule has 0 aliphatic heterocycles. The van der Waals surface area contributed by atoms with Gasteiger partial charge in [0.05, 0.1) is 5.25 Å². The predicted octanol–water partition coefficient (Wildman–Crippen LogP) is -0.339. The van der Waals surface area contributed by atoms with Crippen LogP contribution in [0.1, 0.15) is 20.8 Å². The molecule has 0 aliphatic carbocycles. The van der Waals surface area contributed by atoms with E-state index >= 15 is 0 Å². The van der Waals surface area contributed by atoms with Crippen LogP contribution in [0.3, 0.4) is 0 Å². The summed E-state index contributed by atoms with van der Waals surface area (Å²) >= 11 is 0. The predicted molar refractivity (Wildman–Crippen MR) is 45.7 cm³/mol. The first-order valence-corrected chi connectivity index (χ1v) is 5.16. The normalized spacial score (nSPS) is 15.4. The summed E-state index contributed by atoms with van der Waals surface area (Å²) in [7, 11) is -3.14. The third-order valence-electron chi connectivity index (χ3n) is 1.34. The van der Waals surface area contributed by atoms with Crippen molar-refractivity contribution in [2.75, 3.05) is 6.54 Å². The van der Waals surface area contributed by atoms with Gasteiger partial charge in [0.2, 0.25) is 10.0 Å². The molecule has 0 heterocycles. The Morgan fingerprint density at radius 1 is 1.36 bits per heavy atom. The number of hydrogen-bond acceptors (Lipinski definition) is 3. The quantitative estimate of drug-likeness (QED) is 0.622. The fourth-order valence-corrected chi connectivity index (χ4v) is 1.39. The lowest BCUT2D eigenvalue weighted by Crippen LogP contribution is -2.41. The SMILES string of the molecule is CC(CN)NS(=O)(=O)C(C)C. The highest BCUT2D eigenvalue weighted by Crippen LogP contribution is 1.96. The van der Waals surface area contributed by atoms with Crippen LogP contribution in [0, 0.1) is 0 Å². The van der Waals surface area contributed by atoms with E-state index in [0.29, 0.717) is 6.54 Å². The molecule has 0 aromatic rings. The molecule has 11 heavy (non-hydrogen) atoms. The topological polar surface area (TPSA) is 72.2 Å². The van der Waals surface area contributed by atoms with Gasteiger partial charge in [-0.15, -0.1) is 0 Å². The average molecular weight is 180 g/mol. The van der Waals surface area contributed by atoms with E-state index in [1.165, 1.54) is 0 Å². The Morgan fingerprint density at radius 3 is 2.09 bits per heavy atom. The van der Waals surface area contributed by atoms with Gasteiger partial charge in [0.25, 0.3) is 0 Å². The van der Waals surface area contributed by atoms with Crippen LogP contribution in [0.15, 0.2) is 0 Å². The zero-order valence-electron chi connectivity index (χ0n) is 7.16. The van der Waals surface area contributed by atoms with Crippen molar-refractivity contribution in [3.8, 4) is 0 Å². The highest BCUT2D eigenvalue weighted by atomic mass is 32.2. The molecule has 0 radical (unpaired) electrons. The maximum absolute atomic E-state index is 11.1. The minimum Gasteiger partial charge on any atom is -0.329 e. The maximum atomic E-state index is 11.1. The van der Waals surface area contributed by atoms with Gasteiger partial charge in [-0.3, -0.25) is 0 Å². The van der Waals surface area contributed by atoms with E-state index in [-0.39, 0.29) is 6.04 Å². The third-order valence-corrected chi connectivity index (χ3v) is 3.31. The van der Waals surface area contributed by atoms with Gasteiger partial charge in [0.15, 0.2) is 0 Å². The van der Waals surface area contributed by atoms with Gasteiger partial charge in [-0.25, -0.2) is 13.1 Å². The van der Waals surface area contributed by atoms with Crippen molar-refractivity contribution in [1.82, 2.24) is 4.72 Å². The standard InChI is InChI=1S/C6H16N2O2S/c1-5(2)11(9,10)8-6(3)4-7/h5-6,8H,4,7H2,1-3H3. The number of nitrogens with one attached hydrogen (secondary N) is 1. The molecule has 0 bridgehead atoms. The second kappa shape index (κ2) is 4.04. The van der Waals surface area contributed by atoms with E-state index in [4.69, 9.17) is 5.73 Å². The largest absolute Gasteiger partial charge is 0.329 e. The van der Waals surface area contributed by atoms with Crippen LogP contribution in [0.25, 0.3) is 0 Å². The second-order valence-electron chi connectivity index (χ2n) is 2.85. The molecule has 3 N–H and O–H groups in total. The van der Waals surface area contributed by atoms with Crippen molar-refractivity contribution >= 4 is 10.0 Å². The zero-order valence-corrected chi connectivity index (χ0v) is 7.98. The van der Waals surface area contributed by atoms with Crippen molar-refractivity contribution in [2.45, 2.75) is 32.1 Å². The Balaban J connectivity index is 4.15. The first kappa shape index (κ1) is 10.9. The first-order valence-electron chi connectivity index (χ1n) is 3.61. The lowest BCUT2D eigenvalue weighted by atomic mass is 10.4. The van der Waals surface area contributed by atoms with Gasteiger partial charge in [0, 0.05) is 12.6 Å². The van der Waals surface area contributed by atoms with Gasteiger partial charge in [-0.1, -0.05) is 0 Å². The minimum atomic E-state index is -3.14. The van der Waals surface area contributed by atoms with Crippen LogP contribution in [0.5, 0.6) is 0 Å². The fraction of sp³-hybridized carbons (Fsp3) is 1.00. The van der Waals surface area contributed by atoms with Crippen molar-refractivity contribution in [3.05, 3.63) is 0 Å². The molecule has 0 fully saturated rings. The van der Waals surface area contributed by atoms with E-state index in [1.807, 2.05) is 0 Å². The number of sulfonamides is 1. The van der Waals surface area contributed by atoms with Gasteiger partial charge >= 0.3 is 0 Å². The highest BCUT2D eigenvalue weighted by molar-refractivity contribution is 7.90. The molecule has 0 aromatic carbocycles. The molecule has 1 unspecified atom stereocenters. The lowest BCUT2D eigenvalue weighted by molar-refractivity contribution is 0.554. The van der Waals surface area contributed by atoms with Gasteiger partial charge in [0.1, 0.15) is 0 Å². The summed E-state index contributed by atoms with van der Waals surface area (Å²) in [5.74, 6) is 0. The zero-order chi connectivity index (χ0) is 9.07. The van der Waals surface area contributed by atoms with Crippen LogP contribution in [-0.2, 0) is 10.0 Å². The average Bonchev–Trinajstić information content (AvgIpc) is 1.86. The molecule has 0 saturated heterocycles. The van der Waals surface area contributed by atoms with Crippen LogP contribution in [0.2, 0.25) is 0 Å². The summed E-state index contributed by atoms with van der Waals surface area (Å²) in [6.07, 6.45) is 0. The summed E-state index contributed by atoms with van der Waals surface area (Å²) in [5, 5.41) is -0.392. The van der Waals surface area contributed by atoms with Crippen molar-refractivity contribution in [3.63, 3.8) is 0 Å². The summed E-state index contributed by atoms with van der Waals surface area (Å²) in [6.45, 7) is 5.32. The van der Waals surface area contributed by atoms with E-state index in [2.05, 4.69) is 4.72 Å². The van der Waals surface area contributed by atoms with Gasteiger partial charge < -0.3 is 5.73 Å². The van der Waals surface area contributed by atoms with Crippen molar-refractivity contribution in [1.29, 1.82) is 0 Å². The minimum absolute atomic E-state index is 0.178. The molecule has 0 aromatic heterocycles. The molecule has 5 heteroatoms. The number of rotatable bonds is 4. The van der Waals surface area contributed by atoms with Crippen molar-refractivity contribution < 1.29 is 8.42 Å². The van der Waals surface area contributed by atoms with Gasteiger partial charge in [-0.2, -0.15) is 0 Å². The smallest absolute Gasteiger partial charge is 0.214 e. The van der Waals surface area contributed by atoms with Crippen LogP contribution in [0.4, 0.5) is 0 Å². The van der Waals surface area contributed by atoms with Crippen LogP contribution in [-0.4, -0.2) is 26.3 Å². The Labute approximate surface area is 68.2 Å². The van der Waals surface area contributed by atoms with Gasteiger partial charge in [-0.05, 0) is 20.8 Å². The molecule has 0 amide bonds. The van der Waals surface area contributed by atoms with Crippen LogP contribution >= 0.6 is 0 Å². The highest BCUT2D eigenvalue weighted by Gasteiger charge is 2.17. The Morgan fingerprint density at radius 2 is 1.82 bits per heavy atom. The summed E-state index contributed by atoms with van der Waals surface area (Å²) in [4.78, 5) is 0. The molecular weight excluding hydrogens is 164 g/mol. The third kappa shape index (κ3) is 3.69. The number of nitrogens with two attached hydrogens (primary N) is 1. The maximum Gasteiger partial charge on any atom is 0.214 e. The summed E-state index contributed by atoms with van der Waals surface area (Å²) < 4.78 is 24.7. The van der Waals surface area contributed by atoms with Crippen molar-refractivity contribution in [2.24, 2.45) is 5.73 Å². The monoisotopic (exact) mass is 180 g/mol. The Bertz CT molecular complexity index is 199. The molecule has 0 rings (SSSR count). The Kier molecular flexibility index (Phi) is 3.99. The molecule has 0 saturated carbocycles. The molecule has 0 spiro atoms. The van der Waals surface area contributed by atoms with E-state index < -0.39 is 15.3 Å². The second-order valence-corrected chi connectivity index (χ2v) is 5.12. The molecule has 68 valence electrons.